The molecule has 100 valence electrons. The molecule has 2 aromatic rings. The summed E-state index contributed by atoms with van der Waals surface area (Å²) in [6.45, 7) is 0.567. The molecule has 2 aromatic heterocycles. The van der Waals surface area contributed by atoms with Crippen molar-refractivity contribution >= 4 is 0 Å². The molecule has 2 rings (SSSR count). The Bertz CT molecular complexity index is 592. The molecular weight excluding hydrogens is 244 g/mol. The van der Waals surface area contributed by atoms with Crippen molar-refractivity contribution < 1.29 is 4.74 Å². The fraction of sp³-hybridized carbons (Fsp3) is 0.308. The first-order valence-electron chi connectivity index (χ1n) is 5.94. The van der Waals surface area contributed by atoms with Gasteiger partial charge in [-0.2, -0.15) is 0 Å². The highest BCUT2D eigenvalue weighted by Gasteiger charge is 2.03. The van der Waals surface area contributed by atoms with E-state index < -0.39 is 0 Å². The molecule has 0 fully saturated rings. The third-order valence-corrected chi connectivity index (χ3v) is 2.58. The van der Waals surface area contributed by atoms with Crippen LogP contribution in [0.3, 0.4) is 0 Å². The van der Waals surface area contributed by atoms with Gasteiger partial charge in [0.2, 0.25) is 5.88 Å². The highest BCUT2D eigenvalue weighted by molar-refractivity contribution is 5.21. The summed E-state index contributed by atoms with van der Waals surface area (Å²) < 4.78 is 5.00. The highest BCUT2D eigenvalue weighted by Crippen LogP contribution is 2.09. The van der Waals surface area contributed by atoms with Crippen LogP contribution in [-0.2, 0) is 13.0 Å². The first-order valence-corrected chi connectivity index (χ1v) is 5.94. The lowest BCUT2D eigenvalue weighted by Crippen LogP contribution is -2.16. The van der Waals surface area contributed by atoms with Crippen LogP contribution in [0.2, 0.25) is 0 Å². The molecule has 6 heteroatoms. The first kappa shape index (κ1) is 13.2. The van der Waals surface area contributed by atoms with Crippen LogP contribution in [-0.4, -0.2) is 29.1 Å². The van der Waals surface area contributed by atoms with Gasteiger partial charge < -0.3 is 15.0 Å². The Labute approximate surface area is 110 Å². The van der Waals surface area contributed by atoms with E-state index in [2.05, 4.69) is 20.3 Å². The highest BCUT2D eigenvalue weighted by atomic mass is 16.5. The number of aromatic nitrogens is 3. The average Bonchev–Trinajstić information content (AvgIpc) is 2.39. The minimum absolute atomic E-state index is 0.142. The van der Waals surface area contributed by atoms with Crippen LogP contribution in [0.1, 0.15) is 17.1 Å². The van der Waals surface area contributed by atoms with Crippen LogP contribution < -0.4 is 15.6 Å². The van der Waals surface area contributed by atoms with Crippen molar-refractivity contribution in [1.29, 1.82) is 0 Å². The Kier molecular flexibility index (Phi) is 4.25. The van der Waals surface area contributed by atoms with Crippen molar-refractivity contribution in [2.45, 2.75) is 13.0 Å². The lowest BCUT2D eigenvalue weighted by atomic mass is 10.2. The molecule has 0 aliphatic carbocycles. The molecule has 0 spiro atoms. The molecule has 0 saturated heterocycles. The number of rotatable bonds is 5. The van der Waals surface area contributed by atoms with Crippen molar-refractivity contribution in [2.75, 3.05) is 14.2 Å². The fourth-order valence-corrected chi connectivity index (χ4v) is 1.75. The van der Waals surface area contributed by atoms with Gasteiger partial charge in [-0.1, -0.05) is 6.07 Å². The second-order valence-corrected chi connectivity index (χ2v) is 4.10. The van der Waals surface area contributed by atoms with Crippen molar-refractivity contribution in [3.8, 4) is 5.88 Å². The molecule has 19 heavy (non-hydrogen) atoms. The van der Waals surface area contributed by atoms with Gasteiger partial charge in [0, 0.05) is 31.3 Å². The minimum atomic E-state index is -0.142. The lowest BCUT2D eigenvalue weighted by molar-refractivity contribution is 0.397. The molecular formula is C13H16N4O2. The van der Waals surface area contributed by atoms with Crippen LogP contribution in [0.4, 0.5) is 0 Å². The number of nitrogens with one attached hydrogen (secondary N) is 2. The average molecular weight is 260 g/mol. The van der Waals surface area contributed by atoms with E-state index in [-0.39, 0.29) is 5.56 Å². The molecule has 2 heterocycles. The maximum absolute atomic E-state index is 11.5. The second-order valence-electron chi connectivity index (χ2n) is 4.10. The summed E-state index contributed by atoms with van der Waals surface area (Å²) in [6, 6.07) is 5.17. The summed E-state index contributed by atoms with van der Waals surface area (Å²) in [5, 5.41) is 2.97. The van der Waals surface area contributed by atoms with Crippen molar-refractivity contribution in [3.63, 3.8) is 0 Å². The number of H-pyrrole nitrogens is 1. The van der Waals surface area contributed by atoms with Gasteiger partial charge in [0.05, 0.1) is 12.8 Å². The van der Waals surface area contributed by atoms with Gasteiger partial charge >= 0.3 is 0 Å². The molecule has 0 atom stereocenters. The number of aromatic amines is 1. The van der Waals surface area contributed by atoms with Crippen LogP contribution in [0.5, 0.6) is 5.88 Å². The predicted molar refractivity (Wildman–Crippen MR) is 71.2 cm³/mol. The Morgan fingerprint density at radius 1 is 1.42 bits per heavy atom. The maximum Gasteiger partial charge on any atom is 0.251 e. The first-order chi connectivity index (χ1) is 9.21. The van der Waals surface area contributed by atoms with Crippen LogP contribution in [0.15, 0.2) is 29.2 Å². The summed E-state index contributed by atoms with van der Waals surface area (Å²) in [4.78, 5) is 22.8. The predicted octanol–water partition coefficient (Wildman–Crippen LogP) is 0.484. The number of ether oxygens (including phenoxy) is 1. The zero-order chi connectivity index (χ0) is 13.7. The molecule has 0 aromatic carbocycles. The third kappa shape index (κ3) is 3.62. The second kappa shape index (κ2) is 6.10. The summed E-state index contributed by atoms with van der Waals surface area (Å²) in [5.74, 6) is 1.19. The summed E-state index contributed by atoms with van der Waals surface area (Å²) in [6.07, 6.45) is 2.24. The van der Waals surface area contributed by atoms with Gasteiger partial charge in [0.15, 0.2) is 0 Å². The molecule has 0 saturated carbocycles. The van der Waals surface area contributed by atoms with E-state index in [1.54, 1.807) is 19.4 Å². The Hall–Kier alpha value is -2.21. The van der Waals surface area contributed by atoms with Crippen LogP contribution in [0.25, 0.3) is 0 Å². The van der Waals surface area contributed by atoms with Gasteiger partial charge in [0.25, 0.3) is 5.56 Å². The van der Waals surface area contributed by atoms with Gasteiger partial charge in [-0.25, -0.2) is 9.97 Å². The van der Waals surface area contributed by atoms with Gasteiger partial charge in [-0.05, 0) is 12.6 Å². The number of nitrogens with zero attached hydrogens (tertiary/aromatic N) is 2. The fourth-order valence-electron chi connectivity index (χ4n) is 1.75. The molecule has 0 unspecified atom stereocenters. The van der Waals surface area contributed by atoms with Crippen LogP contribution >= 0.6 is 0 Å². The molecule has 2 N–H and O–H groups in total. The van der Waals surface area contributed by atoms with E-state index in [0.29, 0.717) is 24.7 Å². The zero-order valence-electron chi connectivity index (χ0n) is 10.9. The molecule has 0 radical (unpaired) electrons. The lowest BCUT2D eigenvalue weighted by Gasteiger charge is -2.05. The standard InChI is InChI=1S/C13H16N4O2/c1-14-8-10-6-12(18)17-11(16-10)5-9-3-4-13(19-2)15-7-9/h3-4,6-7,14H,5,8H2,1-2H3,(H,16,17,18). The Morgan fingerprint density at radius 3 is 2.89 bits per heavy atom. The summed E-state index contributed by atoms with van der Waals surface area (Å²) >= 11 is 0. The zero-order valence-corrected chi connectivity index (χ0v) is 10.9. The van der Waals surface area contributed by atoms with E-state index in [1.165, 1.54) is 6.07 Å². The number of hydrogen-bond acceptors (Lipinski definition) is 5. The number of pyridine rings is 1. The molecule has 0 aliphatic heterocycles. The van der Waals surface area contributed by atoms with Crippen LogP contribution in [0, 0.1) is 0 Å². The largest absolute Gasteiger partial charge is 0.481 e. The van der Waals surface area contributed by atoms with E-state index in [9.17, 15) is 4.79 Å². The Balaban J connectivity index is 2.19. The van der Waals surface area contributed by atoms with Gasteiger partial charge in [-0.15, -0.1) is 0 Å². The van der Waals surface area contributed by atoms with Crippen molar-refractivity contribution in [1.82, 2.24) is 20.3 Å². The summed E-state index contributed by atoms with van der Waals surface area (Å²) in [5.41, 5.74) is 1.55. The van der Waals surface area contributed by atoms with E-state index in [4.69, 9.17) is 4.74 Å². The topological polar surface area (TPSA) is 79.9 Å². The maximum atomic E-state index is 11.5. The van der Waals surface area contributed by atoms with Crippen molar-refractivity contribution in [3.05, 3.63) is 51.8 Å². The molecule has 0 bridgehead atoms. The minimum Gasteiger partial charge on any atom is -0.481 e. The quantitative estimate of drug-likeness (QED) is 0.817. The smallest absolute Gasteiger partial charge is 0.251 e. The summed E-state index contributed by atoms with van der Waals surface area (Å²) in [7, 11) is 3.39. The van der Waals surface area contributed by atoms with E-state index in [1.807, 2.05) is 13.1 Å². The van der Waals surface area contributed by atoms with Crippen molar-refractivity contribution in [2.24, 2.45) is 0 Å². The molecule has 0 aliphatic rings. The number of methoxy groups -OCH3 is 1. The molecule has 6 nitrogen and oxygen atoms in total. The molecule has 0 amide bonds. The normalized spacial score (nSPS) is 10.4. The Morgan fingerprint density at radius 2 is 2.26 bits per heavy atom. The monoisotopic (exact) mass is 260 g/mol. The SMILES string of the molecule is CNCc1cc(=O)[nH]c(Cc2ccc(OC)nc2)n1. The van der Waals surface area contributed by atoms with E-state index in [0.717, 1.165) is 11.3 Å². The third-order valence-electron chi connectivity index (χ3n) is 2.58. The van der Waals surface area contributed by atoms with Gasteiger partial charge in [0.1, 0.15) is 5.82 Å². The van der Waals surface area contributed by atoms with E-state index >= 15 is 0 Å². The number of hydrogen-bond donors (Lipinski definition) is 2. The van der Waals surface area contributed by atoms with Gasteiger partial charge in [-0.3, -0.25) is 4.79 Å².